The van der Waals surface area contributed by atoms with Crippen LogP contribution in [-0.4, -0.2) is 239 Å². The van der Waals surface area contributed by atoms with E-state index in [4.69, 9.17) is 33.2 Å². The third kappa shape index (κ3) is 11.2. The molecule has 0 aromatic heterocycles. The van der Waals surface area contributed by atoms with Gasteiger partial charge >= 0.3 is 5.97 Å². The molecule has 2 amide bonds. The Balaban J connectivity index is 1.77. The van der Waals surface area contributed by atoms with E-state index in [0.717, 1.165) is 13.8 Å². The van der Waals surface area contributed by atoms with Crippen molar-refractivity contribution in [3.63, 3.8) is 0 Å². The molecule has 15 N–H and O–H groups in total. The first kappa shape index (κ1) is 49.3. The number of carbonyl (C=O) groups is 3. The summed E-state index contributed by atoms with van der Waals surface area (Å²) in [4.78, 5) is 37.1. The standard InChI is InChI=1S/C31H52N2O25S/c1-8-17(40)20(43)21(44)28(52-8)56-25-16(33-10(3)37)27(46)53-13(6-35)23(25)55-29-22(45)26(19(42)14(54-29)7-59(49,50)51)58-31(30(47)48)4-11(38)15(32-9(2)36)24(57-31)18(41)12(39)5-34/h8,11-29,34-35,38-46H,4-7H2,1-3H3,(H,32,36)(H,33,37)(H,47,48)(H,49,50,51)/t8-,11-,12+,13+,14+,15+,16+,17+,18+,19-,20+,21-,22+,23+,24+,25+,26-,27+,28-,29-,31-/m0/s1. The quantitative estimate of drug-likeness (QED) is 0.0679. The third-order valence-electron chi connectivity index (χ3n) is 10.1. The average Bonchev–Trinajstić information content (AvgIpc) is 3.14. The second kappa shape index (κ2) is 19.8. The van der Waals surface area contributed by atoms with Crippen LogP contribution < -0.4 is 10.6 Å². The van der Waals surface area contributed by atoms with Crippen LogP contribution in [0, 0.1) is 0 Å². The molecular formula is C31H52N2O25S. The fourth-order valence-corrected chi connectivity index (χ4v) is 7.88. The van der Waals surface area contributed by atoms with Gasteiger partial charge in [-0.2, -0.15) is 8.42 Å². The van der Waals surface area contributed by atoms with Crippen LogP contribution in [0.5, 0.6) is 0 Å². The molecule has 4 aliphatic heterocycles. The number of aliphatic hydroxyl groups excluding tert-OH is 11. The number of carboxylic acid groups (broad SMARTS) is 1. The van der Waals surface area contributed by atoms with Crippen molar-refractivity contribution in [3.05, 3.63) is 0 Å². The number of aliphatic carboxylic acids is 1. The highest BCUT2D eigenvalue weighted by Crippen LogP contribution is 2.39. The van der Waals surface area contributed by atoms with Crippen molar-refractivity contribution in [2.75, 3.05) is 19.0 Å². The van der Waals surface area contributed by atoms with E-state index in [1.807, 2.05) is 0 Å². The van der Waals surface area contributed by atoms with Crippen LogP contribution in [0.2, 0.25) is 0 Å². The molecule has 0 radical (unpaired) electrons. The minimum Gasteiger partial charge on any atom is -0.477 e. The lowest BCUT2D eigenvalue weighted by Crippen LogP contribution is -2.71. The molecule has 59 heavy (non-hydrogen) atoms. The molecule has 0 aliphatic carbocycles. The molecule has 0 bridgehead atoms. The number of hydrogen-bond donors (Lipinski definition) is 15. The second-order valence-corrected chi connectivity index (χ2v) is 16.1. The lowest BCUT2D eigenvalue weighted by atomic mass is 9.88. The van der Waals surface area contributed by atoms with Crippen LogP contribution in [0.3, 0.4) is 0 Å². The molecule has 4 fully saturated rings. The summed E-state index contributed by atoms with van der Waals surface area (Å²) in [6.07, 6.45) is -37.8. The normalized spacial score (nSPS) is 44.3. The summed E-state index contributed by atoms with van der Waals surface area (Å²) in [6.45, 7) is 1.06. The topological polar surface area (TPSA) is 437 Å². The van der Waals surface area contributed by atoms with Crippen LogP contribution in [0.4, 0.5) is 0 Å². The number of carbonyl (C=O) groups excluding carboxylic acids is 2. The van der Waals surface area contributed by atoms with Gasteiger partial charge in [0.2, 0.25) is 11.8 Å². The first-order valence-electron chi connectivity index (χ1n) is 18.1. The fourth-order valence-electron chi connectivity index (χ4n) is 7.18. The average molecular weight is 885 g/mol. The third-order valence-corrected chi connectivity index (χ3v) is 10.9. The van der Waals surface area contributed by atoms with E-state index in [2.05, 4.69) is 10.6 Å². The molecule has 0 aromatic carbocycles. The minimum absolute atomic E-state index is 0.829. The SMILES string of the molecule is CC(=O)N[C@@H]1[C@@H](O[C@@H]2O[C@@H](C)[C@@H](O)[C@@H](O)[C@@H]2O)[C@H](O[C@@H]2O[C@H](CS(=O)(=O)O)[C@H](O)[C@H](O[C@]3(C(=O)O)C[C@H](O)[C@@H](NC(C)=O)[C@H]([C@H](O)[C@H](O)CO)O3)[C@H]2O)[C@@H](CO)O[C@H]1O. The number of rotatable bonds is 15. The largest absolute Gasteiger partial charge is 0.477 e. The Morgan fingerprint density at radius 1 is 0.780 bits per heavy atom. The Labute approximate surface area is 334 Å². The predicted octanol–water partition coefficient (Wildman–Crippen LogP) is -9.33. The Hall–Kier alpha value is -2.40. The van der Waals surface area contributed by atoms with Gasteiger partial charge in [0, 0.05) is 20.3 Å². The van der Waals surface area contributed by atoms with Crippen LogP contribution in [-0.2, 0) is 57.7 Å². The maximum Gasteiger partial charge on any atom is 0.364 e. The second-order valence-electron chi connectivity index (χ2n) is 14.6. The number of nitrogens with one attached hydrogen (secondary N) is 2. The number of amides is 2. The van der Waals surface area contributed by atoms with Crippen LogP contribution >= 0.6 is 0 Å². The van der Waals surface area contributed by atoms with Crippen molar-refractivity contribution < 1.29 is 122 Å². The predicted molar refractivity (Wildman–Crippen MR) is 182 cm³/mol. The molecule has 21 atom stereocenters. The molecule has 4 heterocycles. The molecule has 4 saturated heterocycles. The van der Waals surface area contributed by atoms with Gasteiger partial charge in [-0.25, -0.2) is 4.79 Å². The van der Waals surface area contributed by atoms with Crippen molar-refractivity contribution in [1.29, 1.82) is 0 Å². The van der Waals surface area contributed by atoms with Gasteiger partial charge in [-0.05, 0) is 6.92 Å². The first-order chi connectivity index (χ1) is 27.4. The summed E-state index contributed by atoms with van der Waals surface area (Å²) < 4.78 is 73.2. The Morgan fingerprint density at radius 2 is 1.36 bits per heavy atom. The van der Waals surface area contributed by atoms with E-state index < -0.39 is 182 Å². The molecule has 0 unspecified atom stereocenters. The smallest absolute Gasteiger partial charge is 0.364 e. The van der Waals surface area contributed by atoms with Gasteiger partial charge in [-0.3, -0.25) is 14.1 Å². The van der Waals surface area contributed by atoms with E-state index >= 15 is 0 Å². The van der Waals surface area contributed by atoms with Gasteiger partial charge in [0.1, 0.15) is 91.1 Å². The lowest BCUT2D eigenvalue weighted by molar-refractivity contribution is -0.387. The van der Waals surface area contributed by atoms with Crippen molar-refractivity contribution in [2.24, 2.45) is 0 Å². The Morgan fingerprint density at radius 3 is 1.90 bits per heavy atom. The van der Waals surface area contributed by atoms with E-state index in [1.54, 1.807) is 0 Å². The summed E-state index contributed by atoms with van der Waals surface area (Å²) in [6, 6.07) is -3.40. The zero-order valence-corrected chi connectivity index (χ0v) is 32.3. The monoisotopic (exact) mass is 884 g/mol. The maximum atomic E-state index is 12.9. The van der Waals surface area contributed by atoms with Crippen LogP contribution in [0.15, 0.2) is 0 Å². The van der Waals surface area contributed by atoms with Gasteiger partial charge < -0.3 is 105 Å². The highest BCUT2D eigenvalue weighted by molar-refractivity contribution is 7.85. The molecule has 28 heteroatoms. The maximum absolute atomic E-state index is 12.9. The van der Waals surface area contributed by atoms with Crippen molar-refractivity contribution >= 4 is 27.9 Å². The molecule has 0 aromatic rings. The molecule has 27 nitrogen and oxygen atoms in total. The molecule has 4 rings (SSSR count). The van der Waals surface area contributed by atoms with Gasteiger partial charge in [0.15, 0.2) is 18.9 Å². The van der Waals surface area contributed by atoms with E-state index in [1.165, 1.54) is 6.92 Å². The lowest BCUT2D eigenvalue weighted by Gasteiger charge is -2.51. The summed E-state index contributed by atoms with van der Waals surface area (Å²) in [5.74, 6) is -8.56. The van der Waals surface area contributed by atoms with Gasteiger partial charge in [-0.1, -0.05) is 0 Å². The number of aliphatic hydroxyl groups is 11. The summed E-state index contributed by atoms with van der Waals surface area (Å²) in [7, 11) is -5.12. The van der Waals surface area contributed by atoms with E-state index in [9.17, 15) is 88.6 Å². The van der Waals surface area contributed by atoms with Crippen LogP contribution in [0.1, 0.15) is 27.2 Å². The fraction of sp³-hybridized carbons (Fsp3) is 0.903. The van der Waals surface area contributed by atoms with E-state index in [0.29, 0.717) is 0 Å². The first-order valence-corrected chi connectivity index (χ1v) is 19.7. The Bertz CT molecular complexity index is 1560. The zero-order valence-electron chi connectivity index (χ0n) is 31.5. The summed E-state index contributed by atoms with van der Waals surface area (Å²) in [5, 5.41) is 132. The van der Waals surface area contributed by atoms with Crippen molar-refractivity contribution in [3.8, 4) is 0 Å². The van der Waals surface area contributed by atoms with Crippen molar-refractivity contribution in [2.45, 2.75) is 155 Å². The molecule has 0 saturated carbocycles. The molecule has 0 spiro atoms. The Kier molecular flexibility index (Phi) is 16.5. The van der Waals surface area contributed by atoms with Gasteiger partial charge in [-0.15, -0.1) is 0 Å². The van der Waals surface area contributed by atoms with Gasteiger partial charge in [0.05, 0.1) is 31.5 Å². The highest BCUT2D eigenvalue weighted by Gasteiger charge is 2.61. The molecule has 342 valence electrons. The van der Waals surface area contributed by atoms with E-state index in [-0.39, 0.29) is 0 Å². The highest BCUT2D eigenvalue weighted by atomic mass is 32.2. The van der Waals surface area contributed by atoms with Crippen molar-refractivity contribution in [1.82, 2.24) is 10.6 Å². The minimum atomic E-state index is -5.12. The van der Waals surface area contributed by atoms with Crippen LogP contribution in [0.25, 0.3) is 0 Å². The number of carboxylic acids is 1. The summed E-state index contributed by atoms with van der Waals surface area (Å²) >= 11 is 0. The summed E-state index contributed by atoms with van der Waals surface area (Å²) in [5.41, 5.74) is 0. The number of hydrogen-bond acceptors (Lipinski definition) is 23. The van der Waals surface area contributed by atoms with Gasteiger partial charge in [0.25, 0.3) is 15.9 Å². The number of ether oxygens (including phenoxy) is 7. The molecule has 4 aliphatic rings. The zero-order chi connectivity index (χ0) is 44.5. The molecular weight excluding hydrogens is 832 g/mol.